The fourth-order valence-electron chi connectivity index (χ4n) is 0.762. The first-order valence-corrected chi connectivity index (χ1v) is 3.73. The van der Waals surface area contributed by atoms with Crippen molar-refractivity contribution in [3.05, 3.63) is 17.7 Å². The lowest BCUT2D eigenvalue weighted by Gasteiger charge is -2.03. The average Bonchev–Trinajstić information content (AvgIpc) is 2.08. The van der Waals surface area contributed by atoms with Crippen LogP contribution in [0.15, 0.2) is 6.20 Å². The van der Waals surface area contributed by atoms with E-state index in [9.17, 15) is 4.79 Å². The number of nitrogens with two attached hydrogens (primary N) is 1. The number of carboxylic acid groups (broad SMARTS) is 1. The van der Waals surface area contributed by atoms with Crippen LogP contribution >= 0.6 is 0 Å². The smallest absolute Gasteiger partial charge is 0.320 e. The molecule has 0 fully saturated rings. The molecule has 0 spiro atoms. The third-order valence-electron chi connectivity index (χ3n) is 1.47. The van der Waals surface area contributed by atoms with Crippen molar-refractivity contribution in [2.24, 2.45) is 5.73 Å². The van der Waals surface area contributed by atoms with Crippen LogP contribution in [0.4, 0.5) is 0 Å². The number of rotatable bonds is 3. The van der Waals surface area contributed by atoms with Crippen molar-refractivity contribution in [3.63, 3.8) is 0 Å². The van der Waals surface area contributed by atoms with E-state index in [0.717, 1.165) is 0 Å². The molecule has 0 amide bonds. The SMILES string of the molecule is Cc1ncc(CC(N)C(=O)O)nn1. The van der Waals surface area contributed by atoms with Gasteiger partial charge in [-0.1, -0.05) is 0 Å². The summed E-state index contributed by atoms with van der Waals surface area (Å²) in [5.74, 6) is -0.505. The molecule has 1 aromatic heterocycles. The summed E-state index contributed by atoms with van der Waals surface area (Å²) in [5, 5.41) is 15.9. The molecule has 0 aliphatic carbocycles. The van der Waals surface area contributed by atoms with E-state index in [1.54, 1.807) is 6.92 Å². The Labute approximate surface area is 74.8 Å². The topological polar surface area (TPSA) is 102 Å². The van der Waals surface area contributed by atoms with Crippen molar-refractivity contribution in [2.75, 3.05) is 0 Å². The van der Waals surface area contributed by atoms with Crippen LogP contribution in [-0.4, -0.2) is 32.3 Å². The maximum atomic E-state index is 10.4. The summed E-state index contributed by atoms with van der Waals surface area (Å²) >= 11 is 0. The van der Waals surface area contributed by atoms with Gasteiger partial charge in [0.2, 0.25) is 0 Å². The second-order valence-electron chi connectivity index (χ2n) is 2.65. The molecule has 70 valence electrons. The Morgan fingerprint density at radius 2 is 2.38 bits per heavy atom. The Hall–Kier alpha value is -1.56. The molecule has 0 bridgehead atoms. The van der Waals surface area contributed by atoms with Gasteiger partial charge < -0.3 is 10.8 Å². The molecule has 1 rings (SSSR count). The normalized spacial score (nSPS) is 12.5. The summed E-state index contributed by atoms with van der Waals surface area (Å²) in [6, 6.07) is -0.946. The molecule has 3 N–H and O–H groups in total. The molecular formula is C7H10N4O2. The molecule has 1 heterocycles. The third-order valence-corrected chi connectivity index (χ3v) is 1.47. The molecule has 0 saturated heterocycles. The predicted octanol–water partition coefficient (Wildman–Crippen LogP) is -0.866. The number of hydrogen-bond donors (Lipinski definition) is 2. The van der Waals surface area contributed by atoms with Crippen molar-refractivity contribution in [2.45, 2.75) is 19.4 Å². The molecule has 0 aliphatic heterocycles. The quantitative estimate of drug-likeness (QED) is 0.630. The largest absolute Gasteiger partial charge is 0.480 e. The first-order valence-electron chi connectivity index (χ1n) is 3.73. The van der Waals surface area contributed by atoms with E-state index in [-0.39, 0.29) is 6.42 Å². The number of hydrogen-bond acceptors (Lipinski definition) is 5. The van der Waals surface area contributed by atoms with E-state index in [0.29, 0.717) is 11.5 Å². The van der Waals surface area contributed by atoms with Crippen molar-refractivity contribution in [1.29, 1.82) is 0 Å². The highest BCUT2D eigenvalue weighted by molar-refractivity contribution is 5.73. The Morgan fingerprint density at radius 3 is 2.85 bits per heavy atom. The van der Waals surface area contributed by atoms with E-state index in [4.69, 9.17) is 10.8 Å². The van der Waals surface area contributed by atoms with Crippen LogP contribution in [0.3, 0.4) is 0 Å². The van der Waals surface area contributed by atoms with Gasteiger partial charge >= 0.3 is 5.97 Å². The molecule has 13 heavy (non-hydrogen) atoms. The zero-order valence-electron chi connectivity index (χ0n) is 7.14. The standard InChI is InChI=1S/C7H10N4O2/c1-4-9-3-5(11-10-4)2-6(8)7(12)13/h3,6H,2,8H2,1H3,(H,12,13). The molecule has 0 aromatic carbocycles. The minimum absolute atomic E-state index is 0.148. The van der Waals surface area contributed by atoms with Crippen LogP contribution in [-0.2, 0) is 11.2 Å². The highest BCUT2D eigenvalue weighted by atomic mass is 16.4. The number of aliphatic carboxylic acids is 1. The zero-order chi connectivity index (χ0) is 9.84. The summed E-state index contributed by atoms with van der Waals surface area (Å²) in [6.45, 7) is 1.70. The van der Waals surface area contributed by atoms with E-state index in [1.807, 2.05) is 0 Å². The lowest BCUT2D eigenvalue weighted by atomic mass is 10.2. The Kier molecular flexibility index (Phi) is 2.86. The van der Waals surface area contributed by atoms with Gasteiger partial charge in [-0.05, 0) is 6.92 Å². The highest BCUT2D eigenvalue weighted by Gasteiger charge is 2.13. The molecule has 1 unspecified atom stereocenters. The summed E-state index contributed by atoms with van der Waals surface area (Å²) in [6.07, 6.45) is 1.63. The van der Waals surface area contributed by atoms with Gasteiger partial charge in [0.25, 0.3) is 0 Å². The number of aromatic nitrogens is 3. The number of nitrogens with zero attached hydrogens (tertiary/aromatic N) is 3. The lowest BCUT2D eigenvalue weighted by molar-refractivity contribution is -0.138. The van der Waals surface area contributed by atoms with Crippen molar-refractivity contribution in [1.82, 2.24) is 15.2 Å². The van der Waals surface area contributed by atoms with Crippen molar-refractivity contribution < 1.29 is 9.90 Å². The molecule has 6 nitrogen and oxygen atoms in total. The van der Waals surface area contributed by atoms with E-state index in [2.05, 4.69) is 15.2 Å². The maximum Gasteiger partial charge on any atom is 0.320 e. The van der Waals surface area contributed by atoms with E-state index >= 15 is 0 Å². The predicted molar refractivity (Wildman–Crippen MR) is 43.9 cm³/mol. The molecule has 0 saturated carbocycles. The van der Waals surface area contributed by atoms with E-state index < -0.39 is 12.0 Å². The Bertz CT molecular complexity index is 298. The molecular weight excluding hydrogens is 172 g/mol. The second-order valence-corrected chi connectivity index (χ2v) is 2.65. The molecule has 6 heteroatoms. The highest BCUT2D eigenvalue weighted by Crippen LogP contribution is 1.95. The number of carbonyl (C=O) groups is 1. The van der Waals surface area contributed by atoms with Gasteiger partial charge in [0.05, 0.1) is 11.9 Å². The van der Waals surface area contributed by atoms with Gasteiger partial charge in [-0.15, -0.1) is 5.10 Å². The second kappa shape index (κ2) is 3.90. The first-order chi connectivity index (χ1) is 6.09. The van der Waals surface area contributed by atoms with Gasteiger partial charge in [0.15, 0.2) is 0 Å². The zero-order valence-corrected chi connectivity index (χ0v) is 7.14. The van der Waals surface area contributed by atoms with Crippen LogP contribution in [0.25, 0.3) is 0 Å². The lowest BCUT2D eigenvalue weighted by Crippen LogP contribution is -2.32. The summed E-state index contributed by atoms with van der Waals surface area (Å²) in [4.78, 5) is 14.2. The van der Waals surface area contributed by atoms with Crippen molar-refractivity contribution >= 4 is 5.97 Å². The maximum absolute atomic E-state index is 10.4. The fourth-order valence-corrected chi connectivity index (χ4v) is 0.762. The molecule has 1 aromatic rings. The number of carboxylic acids is 1. The third kappa shape index (κ3) is 2.75. The van der Waals surface area contributed by atoms with Crippen LogP contribution in [0.1, 0.15) is 11.5 Å². The van der Waals surface area contributed by atoms with Gasteiger partial charge in [-0.2, -0.15) is 5.10 Å². The van der Waals surface area contributed by atoms with Gasteiger partial charge in [0.1, 0.15) is 11.9 Å². The van der Waals surface area contributed by atoms with Crippen LogP contribution in [0.2, 0.25) is 0 Å². The van der Waals surface area contributed by atoms with Crippen LogP contribution in [0, 0.1) is 6.92 Å². The van der Waals surface area contributed by atoms with Crippen LogP contribution < -0.4 is 5.73 Å². The summed E-state index contributed by atoms with van der Waals surface area (Å²) in [5.41, 5.74) is 5.78. The fraction of sp³-hybridized carbons (Fsp3) is 0.429. The molecule has 1 atom stereocenters. The van der Waals surface area contributed by atoms with Gasteiger partial charge in [0, 0.05) is 6.42 Å². The monoisotopic (exact) mass is 182 g/mol. The first kappa shape index (κ1) is 9.53. The minimum atomic E-state index is -1.05. The van der Waals surface area contributed by atoms with Gasteiger partial charge in [-0.25, -0.2) is 4.98 Å². The number of aryl methyl sites for hydroxylation is 1. The van der Waals surface area contributed by atoms with Crippen molar-refractivity contribution in [3.8, 4) is 0 Å². The van der Waals surface area contributed by atoms with Crippen LogP contribution in [0.5, 0.6) is 0 Å². The summed E-state index contributed by atoms with van der Waals surface area (Å²) < 4.78 is 0. The molecule has 0 aliphatic rings. The summed E-state index contributed by atoms with van der Waals surface area (Å²) in [7, 11) is 0. The Morgan fingerprint density at radius 1 is 1.69 bits per heavy atom. The molecule has 0 radical (unpaired) electrons. The van der Waals surface area contributed by atoms with Gasteiger partial charge in [-0.3, -0.25) is 4.79 Å². The minimum Gasteiger partial charge on any atom is -0.480 e. The Balaban J connectivity index is 2.64. The van der Waals surface area contributed by atoms with E-state index in [1.165, 1.54) is 6.20 Å². The average molecular weight is 182 g/mol.